The normalized spacial score (nSPS) is 11.5. The van der Waals surface area contributed by atoms with Crippen LogP contribution in [0.2, 0.25) is 0 Å². The highest BCUT2D eigenvalue weighted by Crippen LogP contribution is 2.24. The average Bonchev–Trinajstić information content (AvgIpc) is 2.42. The molecule has 0 unspecified atom stereocenters. The summed E-state index contributed by atoms with van der Waals surface area (Å²) < 4.78 is 0. The number of hydrogen-bond acceptors (Lipinski definition) is 3. The Morgan fingerprint density at radius 1 is 1.40 bits per heavy atom. The Labute approximate surface area is 122 Å². The van der Waals surface area contributed by atoms with Crippen LogP contribution in [0.25, 0.3) is 0 Å². The summed E-state index contributed by atoms with van der Waals surface area (Å²) in [5.74, 6) is 0.396. The zero-order valence-corrected chi connectivity index (χ0v) is 13.3. The van der Waals surface area contributed by atoms with Crippen LogP contribution in [-0.4, -0.2) is 24.0 Å². The SMILES string of the molecule is CCCNc1ccnc(C(=O)NCC(C)(C)C(C)C)c1. The van der Waals surface area contributed by atoms with Gasteiger partial charge in [0, 0.05) is 25.0 Å². The van der Waals surface area contributed by atoms with Gasteiger partial charge in [-0.25, -0.2) is 0 Å². The lowest BCUT2D eigenvalue weighted by atomic mass is 9.81. The second-order valence-electron chi connectivity index (χ2n) is 6.18. The maximum absolute atomic E-state index is 12.1. The Kier molecular flexibility index (Phi) is 5.99. The second-order valence-corrected chi connectivity index (χ2v) is 6.18. The summed E-state index contributed by atoms with van der Waals surface area (Å²) >= 11 is 0. The average molecular weight is 277 g/mol. The lowest BCUT2D eigenvalue weighted by Crippen LogP contribution is -2.37. The Morgan fingerprint density at radius 3 is 2.70 bits per heavy atom. The molecule has 4 nitrogen and oxygen atoms in total. The van der Waals surface area contributed by atoms with E-state index in [1.807, 2.05) is 6.07 Å². The van der Waals surface area contributed by atoms with Gasteiger partial charge < -0.3 is 10.6 Å². The first-order valence-corrected chi connectivity index (χ1v) is 7.35. The maximum Gasteiger partial charge on any atom is 0.269 e. The quantitative estimate of drug-likeness (QED) is 0.804. The molecule has 0 spiro atoms. The molecule has 1 aromatic heterocycles. The number of hydrogen-bond donors (Lipinski definition) is 2. The molecule has 0 saturated carbocycles. The lowest BCUT2D eigenvalue weighted by Gasteiger charge is -2.29. The summed E-state index contributed by atoms with van der Waals surface area (Å²) in [6, 6.07) is 3.68. The first-order chi connectivity index (χ1) is 9.36. The molecule has 0 saturated heterocycles. The van der Waals surface area contributed by atoms with Crippen molar-refractivity contribution in [2.45, 2.75) is 41.0 Å². The van der Waals surface area contributed by atoms with Crippen LogP contribution in [0.3, 0.4) is 0 Å². The van der Waals surface area contributed by atoms with Crippen LogP contribution in [0, 0.1) is 11.3 Å². The lowest BCUT2D eigenvalue weighted by molar-refractivity contribution is 0.0920. The zero-order valence-electron chi connectivity index (χ0n) is 13.3. The van der Waals surface area contributed by atoms with E-state index in [0.717, 1.165) is 18.7 Å². The van der Waals surface area contributed by atoms with Crippen LogP contribution in [-0.2, 0) is 0 Å². The molecule has 0 aliphatic rings. The van der Waals surface area contributed by atoms with Gasteiger partial charge in [-0.1, -0.05) is 34.6 Å². The van der Waals surface area contributed by atoms with Crippen LogP contribution in [0.4, 0.5) is 5.69 Å². The number of carbonyl (C=O) groups excluding carboxylic acids is 1. The first-order valence-electron chi connectivity index (χ1n) is 7.35. The van der Waals surface area contributed by atoms with Gasteiger partial charge in [0.25, 0.3) is 5.91 Å². The van der Waals surface area contributed by atoms with E-state index in [2.05, 4.69) is 50.2 Å². The fraction of sp³-hybridized carbons (Fsp3) is 0.625. The Balaban J connectivity index is 2.63. The van der Waals surface area contributed by atoms with Crippen molar-refractivity contribution in [3.63, 3.8) is 0 Å². The van der Waals surface area contributed by atoms with Crippen LogP contribution in [0.15, 0.2) is 18.3 Å². The molecule has 4 heteroatoms. The third kappa shape index (κ3) is 4.83. The summed E-state index contributed by atoms with van der Waals surface area (Å²) in [6.45, 7) is 12.3. The van der Waals surface area contributed by atoms with Gasteiger partial charge in [0.15, 0.2) is 0 Å². The number of aromatic nitrogens is 1. The van der Waals surface area contributed by atoms with E-state index in [1.165, 1.54) is 0 Å². The molecule has 0 atom stereocenters. The van der Waals surface area contributed by atoms with Crippen molar-refractivity contribution < 1.29 is 4.79 Å². The number of pyridine rings is 1. The van der Waals surface area contributed by atoms with Crippen molar-refractivity contribution in [3.05, 3.63) is 24.0 Å². The summed E-state index contributed by atoms with van der Waals surface area (Å²) in [5, 5.41) is 6.23. The molecule has 0 bridgehead atoms. The number of nitrogens with one attached hydrogen (secondary N) is 2. The van der Waals surface area contributed by atoms with Crippen molar-refractivity contribution in [1.82, 2.24) is 10.3 Å². The topological polar surface area (TPSA) is 54.0 Å². The highest BCUT2D eigenvalue weighted by molar-refractivity contribution is 5.93. The smallest absolute Gasteiger partial charge is 0.269 e. The zero-order chi connectivity index (χ0) is 15.2. The van der Waals surface area contributed by atoms with E-state index in [9.17, 15) is 4.79 Å². The van der Waals surface area contributed by atoms with Gasteiger partial charge in [0.2, 0.25) is 0 Å². The Morgan fingerprint density at radius 2 is 2.10 bits per heavy atom. The molecule has 112 valence electrons. The van der Waals surface area contributed by atoms with Crippen LogP contribution < -0.4 is 10.6 Å². The van der Waals surface area contributed by atoms with E-state index < -0.39 is 0 Å². The summed E-state index contributed by atoms with van der Waals surface area (Å²) in [6.07, 6.45) is 2.72. The van der Waals surface area contributed by atoms with Gasteiger partial charge in [0.1, 0.15) is 5.69 Å². The predicted molar refractivity (Wildman–Crippen MR) is 84.0 cm³/mol. The Hall–Kier alpha value is -1.58. The molecular formula is C16H27N3O. The minimum atomic E-state index is -0.112. The highest BCUT2D eigenvalue weighted by atomic mass is 16.1. The molecule has 0 aliphatic heterocycles. The number of anilines is 1. The van der Waals surface area contributed by atoms with E-state index in [4.69, 9.17) is 0 Å². The molecule has 1 rings (SSSR count). The minimum Gasteiger partial charge on any atom is -0.385 e. The molecule has 1 heterocycles. The summed E-state index contributed by atoms with van der Waals surface area (Å²) in [7, 11) is 0. The van der Waals surface area contributed by atoms with Gasteiger partial charge in [-0.15, -0.1) is 0 Å². The molecule has 2 N–H and O–H groups in total. The number of amides is 1. The van der Waals surface area contributed by atoms with Crippen LogP contribution in [0.5, 0.6) is 0 Å². The van der Waals surface area contributed by atoms with E-state index in [1.54, 1.807) is 12.3 Å². The molecule has 0 aromatic carbocycles. The van der Waals surface area contributed by atoms with E-state index >= 15 is 0 Å². The molecule has 1 amide bonds. The third-order valence-corrected chi connectivity index (χ3v) is 3.84. The van der Waals surface area contributed by atoms with E-state index in [0.29, 0.717) is 18.2 Å². The molecule has 1 aromatic rings. The number of rotatable bonds is 7. The van der Waals surface area contributed by atoms with Crippen LogP contribution >= 0.6 is 0 Å². The monoisotopic (exact) mass is 277 g/mol. The molecule has 0 aliphatic carbocycles. The minimum absolute atomic E-state index is 0.0771. The summed E-state index contributed by atoms with van der Waals surface area (Å²) in [5.41, 5.74) is 1.48. The summed E-state index contributed by atoms with van der Waals surface area (Å²) in [4.78, 5) is 16.3. The molecule has 0 fully saturated rings. The second kappa shape index (κ2) is 7.27. The fourth-order valence-electron chi connectivity index (χ4n) is 1.54. The number of nitrogens with zero attached hydrogens (tertiary/aromatic N) is 1. The number of carbonyl (C=O) groups is 1. The third-order valence-electron chi connectivity index (χ3n) is 3.84. The maximum atomic E-state index is 12.1. The predicted octanol–water partition coefficient (Wildman–Crippen LogP) is 3.32. The van der Waals surface area contributed by atoms with Gasteiger partial charge in [0.05, 0.1) is 0 Å². The standard InChI is InChI=1S/C16H27N3O/c1-6-8-17-13-7-9-18-14(10-13)15(20)19-11-16(4,5)12(2)3/h7,9-10,12H,6,8,11H2,1-5H3,(H,17,18)(H,19,20). The van der Waals surface area contributed by atoms with Crippen LogP contribution in [0.1, 0.15) is 51.5 Å². The van der Waals surface area contributed by atoms with Gasteiger partial charge in [-0.2, -0.15) is 0 Å². The van der Waals surface area contributed by atoms with Crippen molar-refractivity contribution in [3.8, 4) is 0 Å². The fourth-order valence-corrected chi connectivity index (χ4v) is 1.54. The molecule has 0 radical (unpaired) electrons. The highest BCUT2D eigenvalue weighted by Gasteiger charge is 2.23. The van der Waals surface area contributed by atoms with Crippen molar-refractivity contribution in [1.29, 1.82) is 0 Å². The van der Waals surface area contributed by atoms with Crippen molar-refractivity contribution >= 4 is 11.6 Å². The van der Waals surface area contributed by atoms with E-state index in [-0.39, 0.29) is 11.3 Å². The first kappa shape index (κ1) is 16.5. The molecular weight excluding hydrogens is 250 g/mol. The largest absolute Gasteiger partial charge is 0.385 e. The van der Waals surface area contributed by atoms with Gasteiger partial charge in [-0.3, -0.25) is 9.78 Å². The van der Waals surface area contributed by atoms with Crippen molar-refractivity contribution in [2.75, 3.05) is 18.4 Å². The van der Waals surface area contributed by atoms with Crippen molar-refractivity contribution in [2.24, 2.45) is 11.3 Å². The van der Waals surface area contributed by atoms with Gasteiger partial charge in [-0.05, 0) is 29.9 Å². The Bertz CT molecular complexity index is 441. The van der Waals surface area contributed by atoms with Gasteiger partial charge >= 0.3 is 0 Å². The molecule has 20 heavy (non-hydrogen) atoms.